The summed E-state index contributed by atoms with van der Waals surface area (Å²) in [5.74, 6) is 0.0346. The average Bonchev–Trinajstić information content (AvgIpc) is 3.01. The number of phenols is 1. The van der Waals surface area contributed by atoms with Crippen LogP contribution in [0.2, 0.25) is 0 Å². The highest BCUT2D eigenvalue weighted by Gasteiger charge is 2.25. The van der Waals surface area contributed by atoms with Crippen molar-refractivity contribution in [2.24, 2.45) is 5.92 Å². The Morgan fingerprint density at radius 1 is 1.43 bits per heavy atom. The van der Waals surface area contributed by atoms with Crippen molar-refractivity contribution < 1.29 is 19.0 Å². The minimum Gasteiger partial charge on any atom is -0.508 e. The fraction of sp³-hybridized carbons (Fsp3) is 0.533. The largest absolute Gasteiger partial charge is 0.508 e. The maximum Gasteiger partial charge on any atom is 0.407 e. The van der Waals surface area contributed by atoms with E-state index in [4.69, 9.17) is 4.74 Å². The number of aromatic hydroxyl groups is 1. The van der Waals surface area contributed by atoms with Crippen molar-refractivity contribution in [1.29, 1.82) is 0 Å². The Balaban J connectivity index is 1.42. The van der Waals surface area contributed by atoms with Crippen LogP contribution in [0.1, 0.15) is 17.5 Å². The molecule has 114 valence electrons. The monoisotopic (exact) mass is 294 g/mol. The number of carbonyl (C=O) groups is 1. The van der Waals surface area contributed by atoms with E-state index in [1.807, 2.05) is 0 Å². The Morgan fingerprint density at radius 3 is 3.05 bits per heavy atom. The first kappa shape index (κ1) is 14.1. The zero-order valence-electron chi connectivity index (χ0n) is 11.7. The fourth-order valence-corrected chi connectivity index (χ4v) is 3.07. The minimum absolute atomic E-state index is 0.00425. The van der Waals surface area contributed by atoms with Crippen molar-refractivity contribution >= 4 is 6.09 Å². The van der Waals surface area contributed by atoms with Gasteiger partial charge in [0.1, 0.15) is 17.7 Å². The van der Waals surface area contributed by atoms with Gasteiger partial charge in [-0.25, -0.2) is 9.18 Å². The SMILES string of the molecule is O=C1NCC(CCNCC2Cc3cc(O)cc(F)c3C2)O1. The zero-order chi connectivity index (χ0) is 14.8. The molecule has 5 nitrogen and oxygen atoms in total. The first-order valence-electron chi connectivity index (χ1n) is 7.27. The number of ether oxygens (including phenoxy) is 1. The molecule has 0 spiro atoms. The molecule has 1 heterocycles. The number of alkyl carbamates (subject to hydrolysis) is 1. The number of halogens is 1. The van der Waals surface area contributed by atoms with Crippen LogP contribution in [-0.4, -0.2) is 36.9 Å². The molecule has 0 radical (unpaired) electrons. The van der Waals surface area contributed by atoms with Crippen molar-refractivity contribution in [1.82, 2.24) is 10.6 Å². The van der Waals surface area contributed by atoms with Crippen LogP contribution in [0.4, 0.5) is 9.18 Å². The summed E-state index contributed by atoms with van der Waals surface area (Å²) < 4.78 is 18.8. The van der Waals surface area contributed by atoms with E-state index >= 15 is 0 Å². The van der Waals surface area contributed by atoms with Crippen LogP contribution in [0.3, 0.4) is 0 Å². The van der Waals surface area contributed by atoms with Crippen LogP contribution >= 0.6 is 0 Å². The highest BCUT2D eigenvalue weighted by Crippen LogP contribution is 2.31. The lowest BCUT2D eigenvalue weighted by atomic mass is 10.1. The first-order valence-corrected chi connectivity index (χ1v) is 7.27. The van der Waals surface area contributed by atoms with E-state index in [1.54, 1.807) is 6.07 Å². The summed E-state index contributed by atoms with van der Waals surface area (Å²) >= 11 is 0. The normalized spacial score (nSPS) is 23.8. The van der Waals surface area contributed by atoms with Gasteiger partial charge in [-0.15, -0.1) is 0 Å². The molecule has 2 unspecified atom stereocenters. The second-order valence-electron chi connectivity index (χ2n) is 5.74. The van der Waals surface area contributed by atoms with Gasteiger partial charge in [0.2, 0.25) is 0 Å². The van der Waals surface area contributed by atoms with E-state index in [9.17, 15) is 14.3 Å². The quantitative estimate of drug-likeness (QED) is 0.717. The van der Waals surface area contributed by atoms with Crippen LogP contribution in [0.15, 0.2) is 12.1 Å². The molecule has 1 aliphatic carbocycles. The smallest absolute Gasteiger partial charge is 0.407 e. The molecular formula is C15H19FN2O3. The maximum atomic E-state index is 13.7. The minimum atomic E-state index is -0.346. The molecule has 0 bridgehead atoms. The van der Waals surface area contributed by atoms with Gasteiger partial charge >= 0.3 is 6.09 Å². The van der Waals surface area contributed by atoms with Gasteiger partial charge < -0.3 is 20.5 Å². The molecule has 2 aliphatic rings. The van der Waals surface area contributed by atoms with E-state index in [-0.39, 0.29) is 23.8 Å². The molecule has 1 amide bonds. The Kier molecular flexibility index (Phi) is 3.96. The van der Waals surface area contributed by atoms with Gasteiger partial charge in [-0.1, -0.05) is 0 Å². The molecule has 3 N–H and O–H groups in total. The Labute approximate surface area is 122 Å². The van der Waals surface area contributed by atoms with Crippen LogP contribution in [-0.2, 0) is 17.6 Å². The van der Waals surface area contributed by atoms with Crippen molar-refractivity contribution in [3.63, 3.8) is 0 Å². The standard InChI is InChI=1S/C15H19FN2O3/c16-14-6-11(19)5-10-3-9(4-13(10)14)7-17-2-1-12-8-18-15(20)21-12/h5-6,9,12,17,19H,1-4,7-8H2,(H,18,20). The molecule has 1 aliphatic heterocycles. The predicted octanol–water partition coefficient (Wildman–Crippen LogP) is 1.33. The van der Waals surface area contributed by atoms with Gasteiger partial charge in [-0.3, -0.25) is 0 Å². The Morgan fingerprint density at radius 2 is 2.29 bits per heavy atom. The number of nitrogens with one attached hydrogen (secondary N) is 2. The molecule has 21 heavy (non-hydrogen) atoms. The average molecular weight is 294 g/mol. The van der Waals surface area contributed by atoms with E-state index < -0.39 is 0 Å². The van der Waals surface area contributed by atoms with Crippen LogP contribution in [0.5, 0.6) is 5.75 Å². The van der Waals surface area contributed by atoms with Gasteiger partial charge in [0, 0.05) is 6.07 Å². The summed E-state index contributed by atoms with van der Waals surface area (Å²) in [5.41, 5.74) is 1.64. The molecule has 1 fully saturated rings. The molecule has 1 aromatic carbocycles. The summed E-state index contributed by atoms with van der Waals surface area (Å²) in [7, 11) is 0. The van der Waals surface area contributed by atoms with Crippen LogP contribution in [0.25, 0.3) is 0 Å². The number of hydrogen-bond acceptors (Lipinski definition) is 4. The third-order valence-corrected chi connectivity index (χ3v) is 4.10. The molecular weight excluding hydrogens is 275 g/mol. The number of fused-ring (bicyclic) bond motifs is 1. The van der Waals surface area contributed by atoms with Crippen molar-refractivity contribution in [3.05, 3.63) is 29.1 Å². The summed E-state index contributed by atoms with van der Waals surface area (Å²) in [6, 6.07) is 2.83. The second kappa shape index (κ2) is 5.89. The highest BCUT2D eigenvalue weighted by molar-refractivity contribution is 5.69. The van der Waals surface area contributed by atoms with Crippen LogP contribution < -0.4 is 10.6 Å². The van der Waals surface area contributed by atoms with E-state index in [0.717, 1.165) is 37.1 Å². The summed E-state index contributed by atoms with van der Waals surface area (Å²) in [5, 5.41) is 15.4. The summed E-state index contributed by atoms with van der Waals surface area (Å²) in [6.07, 6.45) is 1.86. The van der Waals surface area contributed by atoms with Gasteiger partial charge in [0.25, 0.3) is 0 Å². The van der Waals surface area contributed by atoms with Crippen molar-refractivity contribution in [3.8, 4) is 5.75 Å². The lowest BCUT2D eigenvalue weighted by Gasteiger charge is -2.12. The van der Waals surface area contributed by atoms with Gasteiger partial charge in [-0.05, 0) is 55.5 Å². The topological polar surface area (TPSA) is 70.6 Å². The molecule has 2 atom stereocenters. The lowest BCUT2D eigenvalue weighted by molar-refractivity contribution is 0.135. The third-order valence-electron chi connectivity index (χ3n) is 4.10. The van der Waals surface area contributed by atoms with Crippen molar-refractivity contribution in [2.45, 2.75) is 25.4 Å². The fourth-order valence-electron chi connectivity index (χ4n) is 3.07. The predicted molar refractivity (Wildman–Crippen MR) is 74.7 cm³/mol. The number of phenolic OH excluding ortho intramolecular Hbond substituents is 1. The number of cyclic esters (lactones) is 1. The molecule has 1 saturated heterocycles. The van der Waals surface area contributed by atoms with Gasteiger partial charge in [0.15, 0.2) is 0 Å². The maximum absolute atomic E-state index is 13.7. The number of amides is 1. The number of benzene rings is 1. The summed E-state index contributed by atoms with van der Waals surface area (Å²) in [6.45, 7) is 2.13. The zero-order valence-corrected chi connectivity index (χ0v) is 11.7. The Hall–Kier alpha value is -1.82. The number of rotatable bonds is 5. The first-order chi connectivity index (χ1) is 10.1. The van der Waals surface area contributed by atoms with Crippen molar-refractivity contribution in [2.75, 3.05) is 19.6 Å². The number of hydrogen-bond donors (Lipinski definition) is 3. The second-order valence-corrected chi connectivity index (χ2v) is 5.74. The van der Waals surface area contributed by atoms with E-state index in [2.05, 4.69) is 10.6 Å². The number of carbonyl (C=O) groups excluding carboxylic acids is 1. The van der Waals surface area contributed by atoms with E-state index in [0.29, 0.717) is 18.9 Å². The Bertz CT molecular complexity index is 550. The molecule has 1 aromatic rings. The third kappa shape index (κ3) is 3.26. The molecule has 0 saturated carbocycles. The van der Waals surface area contributed by atoms with Gasteiger partial charge in [-0.2, -0.15) is 0 Å². The van der Waals surface area contributed by atoms with Crippen LogP contribution in [0, 0.1) is 11.7 Å². The lowest BCUT2D eigenvalue weighted by Crippen LogP contribution is -2.27. The van der Waals surface area contributed by atoms with Gasteiger partial charge in [0.05, 0.1) is 6.54 Å². The molecule has 0 aromatic heterocycles. The van der Waals surface area contributed by atoms with E-state index in [1.165, 1.54) is 6.07 Å². The highest BCUT2D eigenvalue weighted by atomic mass is 19.1. The molecule has 3 rings (SSSR count). The molecule has 6 heteroatoms. The summed E-state index contributed by atoms with van der Waals surface area (Å²) in [4.78, 5) is 10.9.